The van der Waals surface area contributed by atoms with E-state index in [9.17, 15) is 4.79 Å². The van der Waals surface area contributed by atoms with Crippen molar-refractivity contribution in [2.24, 2.45) is 5.10 Å². The van der Waals surface area contributed by atoms with E-state index in [2.05, 4.69) is 46.7 Å². The summed E-state index contributed by atoms with van der Waals surface area (Å²) in [5.41, 5.74) is 0.491. The van der Waals surface area contributed by atoms with Gasteiger partial charge in [-0.1, -0.05) is 29.8 Å². The van der Waals surface area contributed by atoms with Gasteiger partial charge >= 0.3 is 0 Å². The number of nitrogens with zero attached hydrogens (tertiary/aromatic N) is 4. The van der Waals surface area contributed by atoms with E-state index in [1.807, 2.05) is 31.2 Å². The molecule has 148 valence electrons. The van der Waals surface area contributed by atoms with Crippen LogP contribution in [0.5, 0.6) is 0 Å². The van der Waals surface area contributed by atoms with Crippen molar-refractivity contribution in [1.82, 2.24) is 9.66 Å². The molecule has 3 rings (SSSR count). The number of hydrogen-bond donors (Lipinski definition) is 0. The highest BCUT2D eigenvalue weighted by Crippen LogP contribution is 2.21. The Morgan fingerprint density at radius 3 is 2.68 bits per heavy atom. The number of benzene rings is 1. The summed E-state index contributed by atoms with van der Waals surface area (Å²) in [4.78, 5) is 19.9. The molecule has 2 aromatic heterocycles. The van der Waals surface area contributed by atoms with Gasteiger partial charge in [0.1, 0.15) is 11.6 Å². The highest BCUT2D eigenvalue weighted by Gasteiger charge is 2.16. The average Bonchev–Trinajstić information content (AvgIpc) is 3.16. The zero-order valence-corrected chi connectivity index (χ0v) is 18.2. The first-order chi connectivity index (χ1) is 13.5. The molecule has 0 bridgehead atoms. The second-order valence-electron chi connectivity index (χ2n) is 6.65. The topological polar surface area (TPSA) is 63.6 Å². The van der Waals surface area contributed by atoms with E-state index in [1.54, 1.807) is 12.3 Å². The molecule has 0 unspecified atom stereocenters. The third-order valence-corrected chi connectivity index (χ3v) is 5.37. The van der Waals surface area contributed by atoms with Crippen molar-refractivity contribution in [3.05, 3.63) is 56.7 Å². The highest BCUT2D eigenvalue weighted by molar-refractivity contribution is 9.10. The molecule has 1 aromatic carbocycles. The number of hydrogen-bond acceptors (Lipinski definition) is 5. The van der Waals surface area contributed by atoms with Crippen LogP contribution in [0, 0.1) is 0 Å². The van der Waals surface area contributed by atoms with Gasteiger partial charge in [-0.15, -0.1) is 0 Å². The Balaban J connectivity index is 2.07. The Bertz CT molecular complexity index is 1050. The lowest BCUT2D eigenvalue weighted by atomic mass is 10.1. The quantitative estimate of drug-likeness (QED) is 0.481. The van der Waals surface area contributed by atoms with E-state index < -0.39 is 0 Å². The summed E-state index contributed by atoms with van der Waals surface area (Å²) in [5.74, 6) is 2.13. The third-order valence-electron chi connectivity index (χ3n) is 4.87. The van der Waals surface area contributed by atoms with Crippen molar-refractivity contribution in [1.29, 1.82) is 0 Å². The van der Waals surface area contributed by atoms with E-state index in [0.717, 1.165) is 29.9 Å². The molecule has 7 heteroatoms. The van der Waals surface area contributed by atoms with E-state index in [1.165, 1.54) is 4.68 Å². The molecule has 0 saturated heterocycles. The summed E-state index contributed by atoms with van der Waals surface area (Å²) in [6.45, 7) is 10.0. The number of rotatable bonds is 7. The van der Waals surface area contributed by atoms with E-state index in [4.69, 9.17) is 9.40 Å². The van der Waals surface area contributed by atoms with Crippen molar-refractivity contribution < 1.29 is 4.42 Å². The van der Waals surface area contributed by atoms with Gasteiger partial charge in [-0.05, 0) is 44.5 Å². The fraction of sp³-hybridized carbons (Fsp3) is 0.381. The van der Waals surface area contributed by atoms with Gasteiger partial charge in [-0.25, -0.2) is 4.98 Å². The SMILES string of the molecule is CC[C@@H](C)c1nc2ccc(Br)cc2c(=O)n1N=Cc1ccc(N(CC)CC)o1. The van der Waals surface area contributed by atoms with Crippen LogP contribution in [0.15, 0.2) is 49.1 Å². The molecule has 2 heterocycles. The van der Waals surface area contributed by atoms with Gasteiger partial charge in [-0.3, -0.25) is 4.79 Å². The summed E-state index contributed by atoms with van der Waals surface area (Å²) >= 11 is 3.42. The molecular formula is C21H25BrN4O2. The monoisotopic (exact) mass is 444 g/mol. The zero-order chi connectivity index (χ0) is 20.3. The lowest BCUT2D eigenvalue weighted by molar-refractivity contribution is 0.542. The van der Waals surface area contributed by atoms with Crippen molar-refractivity contribution in [2.75, 3.05) is 18.0 Å². The number of anilines is 1. The summed E-state index contributed by atoms with van der Waals surface area (Å²) < 4.78 is 8.08. The van der Waals surface area contributed by atoms with Crippen LogP contribution < -0.4 is 10.5 Å². The summed E-state index contributed by atoms with van der Waals surface area (Å²) in [6.07, 6.45) is 2.43. The van der Waals surface area contributed by atoms with E-state index >= 15 is 0 Å². The largest absolute Gasteiger partial charge is 0.440 e. The Morgan fingerprint density at radius 1 is 1.25 bits per heavy atom. The van der Waals surface area contributed by atoms with Crippen LogP contribution in [0.3, 0.4) is 0 Å². The number of furan rings is 1. The van der Waals surface area contributed by atoms with Crippen molar-refractivity contribution in [2.45, 2.75) is 40.0 Å². The Morgan fingerprint density at radius 2 is 2.00 bits per heavy atom. The van der Waals surface area contributed by atoms with Gasteiger partial charge in [0, 0.05) is 29.5 Å². The maximum absolute atomic E-state index is 13.1. The minimum absolute atomic E-state index is 0.0979. The fourth-order valence-corrected chi connectivity index (χ4v) is 3.37. The van der Waals surface area contributed by atoms with Crippen LogP contribution in [0.2, 0.25) is 0 Å². The maximum atomic E-state index is 13.1. The molecule has 6 nitrogen and oxygen atoms in total. The second-order valence-corrected chi connectivity index (χ2v) is 7.57. The molecule has 0 fully saturated rings. The number of halogens is 1. The molecule has 0 spiro atoms. The first-order valence-electron chi connectivity index (χ1n) is 9.59. The van der Waals surface area contributed by atoms with Crippen LogP contribution in [-0.2, 0) is 0 Å². The fourth-order valence-electron chi connectivity index (χ4n) is 3.01. The van der Waals surface area contributed by atoms with Gasteiger partial charge in [-0.2, -0.15) is 9.78 Å². The highest BCUT2D eigenvalue weighted by atomic mass is 79.9. The zero-order valence-electron chi connectivity index (χ0n) is 16.6. The molecule has 0 amide bonds. The smallest absolute Gasteiger partial charge is 0.282 e. The molecule has 1 atom stereocenters. The summed E-state index contributed by atoms with van der Waals surface area (Å²) in [6, 6.07) is 9.30. The van der Waals surface area contributed by atoms with Crippen molar-refractivity contribution >= 4 is 38.9 Å². The maximum Gasteiger partial charge on any atom is 0.282 e. The van der Waals surface area contributed by atoms with E-state index in [0.29, 0.717) is 22.5 Å². The first-order valence-corrected chi connectivity index (χ1v) is 10.4. The minimum Gasteiger partial charge on any atom is -0.440 e. The molecule has 28 heavy (non-hydrogen) atoms. The molecule has 0 radical (unpaired) electrons. The molecule has 0 aliphatic heterocycles. The normalized spacial score (nSPS) is 12.8. The predicted octanol–water partition coefficient (Wildman–Crippen LogP) is 4.99. The van der Waals surface area contributed by atoms with Crippen LogP contribution in [0.4, 0.5) is 5.88 Å². The predicted molar refractivity (Wildman–Crippen MR) is 118 cm³/mol. The number of aromatic nitrogens is 2. The molecule has 0 saturated carbocycles. The van der Waals surface area contributed by atoms with Crippen LogP contribution in [0.1, 0.15) is 51.6 Å². The van der Waals surface area contributed by atoms with Gasteiger partial charge in [0.05, 0.1) is 17.1 Å². The summed E-state index contributed by atoms with van der Waals surface area (Å²) in [7, 11) is 0. The van der Waals surface area contributed by atoms with E-state index in [-0.39, 0.29) is 11.5 Å². The average molecular weight is 445 g/mol. The number of fused-ring (bicyclic) bond motifs is 1. The molecule has 3 aromatic rings. The van der Waals surface area contributed by atoms with Crippen LogP contribution in [0.25, 0.3) is 10.9 Å². The van der Waals surface area contributed by atoms with Gasteiger partial charge in [0.25, 0.3) is 5.56 Å². The molecule has 0 aliphatic rings. The van der Waals surface area contributed by atoms with Crippen molar-refractivity contribution in [3.8, 4) is 0 Å². The van der Waals surface area contributed by atoms with Crippen molar-refractivity contribution in [3.63, 3.8) is 0 Å². The van der Waals surface area contributed by atoms with Crippen LogP contribution >= 0.6 is 15.9 Å². The third kappa shape index (κ3) is 4.04. The second kappa shape index (κ2) is 8.73. The minimum atomic E-state index is -0.187. The van der Waals surface area contributed by atoms with Gasteiger partial charge < -0.3 is 9.32 Å². The summed E-state index contributed by atoms with van der Waals surface area (Å²) in [5, 5.41) is 4.97. The Labute approximate surface area is 173 Å². The Hall–Kier alpha value is -2.41. The standard InChI is InChI=1S/C21H25BrN4O2/c1-5-14(4)20-24-18-10-8-15(22)12-17(18)21(27)26(20)23-13-16-9-11-19(28-16)25(6-2)7-3/h8-14H,5-7H2,1-4H3/t14-/m1/s1. The van der Waals surface area contributed by atoms with Gasteiger partial charge in [0.15, 0.2) is 5.88 Å². The Kier molecular flexibility index (Phi) is 6.34. The lowest BCUT2D eigenvalue weighted by Crippen LogP contribution is -2.23. The molecule has 0 aliphatic carbocycles. The lowest BCUT2D eigenvalue weighted by Gasteiger charge is -2.16. The molecule has 0 N–H and O–H groups in total. The van der Waals surface area contributed by atoms with Crippen LogP contribution in [-0.4, -0.2) is 29.0 Å². The molecular weight excluding hydrogens is 420 g/mol. The first kappa shape index (κ1) is 20.3. The van der Waals surface area contributed by atoms with Gasteiger partial charge in [0.2, 0.25) is 0 Å².